The Bertz CT molecular complexity index is 628. The zero-order valence-corrected chi connectivity index (χ0v) is 12.4. The molecule has 1 unspecified atom stereocenters. The maximum atomic E-state index is 13.9. The molecule has 2 rings (SSSR count). The Balaban J connectivity index is 2.34. The zero-order chi connectivity index (χ0) is 14.9. The molecule has 0 heterocycles. The van der Waals surface area contributed by atoms with Crippen molar-refractivity contribution in [1.29, 1.82) is 0 Å². The smallest absolute Gasteiger partial charge is 0.148 e. The highest BCUT2D eigenvalue weighted by Gasteiger charge is 2.20. The Kier molecular flexibility index (Phi) is 4.73. The molecule has 0 aliphatic heterocycles. The molecule has 0 fully saturated rings. The molecular formula is C14H9BrClF3O. The first-order valence-electron chi connectivity index (χ1n) is 5.66. The maximum Gasteiger partial charge on any atom is 0.148 e. The molecule has 0 radical (unpaired) electrons. The molecule has 0 amide bonds. The molecule has 0 spiro atoms. The van der Waals surface area contributed by atoms with Crippen molar-refractivity contribution in [2.24, 2.45) is 0 Å². The van der Waals surface area contributed by atoms with E-state index in [4.69, 9.17) is 11.6 Å². The van der Waals surface area contributed by atoms with Crippen LogP contribution in [-0.4, -0.2) is 5.11 Å². The second kappa shape index (κ2) is 6.16. The summed E-state index contributed by atoms with van der Waals surface area (Å²) in [7, 11) is 0. The number of rotatable bonds is 3. The van der Waals surface area contributed by atoms with E-state index in [9.17, 15) is 18.3 Å². The van der Waals surface area contributed by atoms with Gasteiger partial charge in [0.05, 0.1) is 11.1 Å². The standard InChI is InChI=1S/C14H9BrClF3O/c15-9-5-4-7(14(19)13(9)16)12(20)6-8-10(17)2-1-3-11(8)18/h1-5,12,20H,6H2. The van der Waals surface area contributed by atoms with Crippen LogP contribution in [0.4, 0.5) is 13.2 Å². The van der Waals surface area contributed by atoms with Crippen LogP contribution in [0.3, 0.4) is 0 Å². The lowest BCUT2D eigenvalue weighted by Gasteiger charge is -2.14. The average Bonchev–Trinajstić information content (AvgIpc) is 2.40. The van der Waals surface area contributed by atoms with Gasteiger partial charge in [0.25, 0.3) is 0 Å². The van der Waals surface area contributed by atoms with E-state index in [1.54, 1.807) is 0 Å². The van der Waals surface area contributed by atoms with Crippen LogP contribution in [0.2, 0.25) is 5.02 Å². The summed E-state index contributed by atoms with van der Waals surface area (Å²) in [5.41, 5.74) is -0.403. The molecule has 0 bridgehead atoms. The van der Waals surface area contributed by atoms with Gasteiger partial charge in [0.15, 0.2) is 0 Å². The van der Waals surface area contributed by atoms with Crippen LogP contribution in [0.15, 0.2) is 34.8 Å². The largest absolute Gasteiger partial charge is 0.388 e. The number of aliphatic hydroxyl groups is 1. The molecule has 0 aliphatic carbocycles. The highest BCUT2D eigenvalue weighted by Crippen LogP contribution is 2.32. The van der Waals surface area contributed by atoms with E-state index in [1.807, 2.05) is 0 Å². The van der Waals surface area contributed by atoms with Crippen LogP contribution in [0.1, 0.15) is 17.2 Å². The third-order valence-electron chi connectivity index (χ3n) is 2.88. The third kappa shape index (κ3) is 3.00. The first-order chi connectivity index (χ1) is 9.41. The van der Waals surface area contributed by atoms with E-state index in [-0.39, 0.29) is 22.6 Å². The van der Waals surface area contributed by atoms with Crippen LogP contribution in [0, 0.1) is 17.5 Å². The molecule has 0 saturated carbocycles. The highest BCUT2D eigenvalue weighted by atomic mass is 79.9. The van der Waals surface area contributed by atoms with E-state index in [0.717, 1.165) is 12.1 Å². The van der Waals surface area contributed by atoms with E-state index >= 15 is 0 Å². The van der Waals surface area contributed by atoms with Crippen molar-refractivity contribution in [3.05, 3.63) is 68.4 Å². The van der Waals surface area contributed by atoms with E-state index in [2.05, 4.69) is 15.9 Å². The molecule has 1 N–H and O–H groups in total. The van der Waals surface area contributed by atoms with Gasteiger partial charge in [-0.25, -0.2) is 13.2 Å². The number of halogens is 5. The van der Waals surface area contributed by atoms with Gasteiger partial charge in [-0.05, 0) is 34.1 Å². The molecule has 2 aromatic carbocycles. The van der Waals surface area contributed by atoms with Crippen molar-refractivity contribution in [2.75, 3.05) is 0 Å². The lowest BCUT2D eigenvalue weighted by Crippen LogP contribution is -2.08. The molecule has 1 atom stereocenters. The van der Waals surface area contributed by atoms with Crippen molar-refractivity contribution in [3.63, 3.8) is 0 Å². The molecule has 2 aromatic rings. The van der Waals surface area contributed by atoms with Crippen molar-refractivity contribution in [2.45, 2.75) is 12.5 Å². The predicted octanol–water partition coefficient (Wildman–Crippen LogP) is 4.80. The van der Waals surface area contributed by atoms with Crippen LogP contribution in [0.25, 0.3) is 0 Å². The Morgan fingerprint density at radius 3 is 2.30 bits per heavy atom. The second-order valence-corrected chi connectivity index (χ2v) is 5.42. The third-order valence-corrected chi connectivity index (χ3v) is 4.14. The molecular weight excluding hydrogens is 357 g/mol. The van der Waals surface area contributed by atoms with Gasteiger partial charge >= 0.3 is 0 Å². The lowest BCUT2D eigenvalue weighted by atomic mass is 10.00. The molecule has 1 nitrogen and oxygen atoms in total. The Hall–Kier alpha value is -1.04. The summed E-state index contributed by atoms with van der Waals surface area (Å²) in [5.74, 6) is -2.38. The second-order valence-electron chi connectivity index (χ2n) is 4.18. The van der Waals surface area contributed by atoms with Gasteiger partial charge in [-0.15, -0.1) is 0 Å². The Morgan fingerprint density at radius 2 is 1.70 bits per heavy atom. The minimum Gasteiger partial charge on any atom is -0.388 e. The summed E-state index contributed by atoms with van der Waals surface area (Å²) in [6.45, 7) is 0. The summed E-state index contributed by atoms with van der Waals surface area (Å²) in [6.07, 6.45) is -1.78. The van der Waals surface area contributed by atoms with Gasteiger partial charge in [0.2, 0.25) is 0 Å². The van der Waals surface area contributed by atoms with Gasteiger partial charge in [-0.2, -0.15) is 0 Å². The molecule has 20 heavy (non-hydrogen) atoms. The van der Waals surface area contributed by atoms with Crippen molar-refractivity contribution >= 4 is 27.5 Å². The summed E-state index contributed by atoms with van der Waals surface area (Å²) < 4.78 is 41.2. The number of hydrogen-bond acceptors (Lipinski definition) is 1. The van der Waals surface area contributed by atoms with Gasteiger partial charge in [0.1, 0.15) is 17.5 Å². The first-order valence-corrected chi connectivity index (χ1v) is 6.83. The number of hydrogen-bond donors (Lipinski definition) is 1. The van der Waals surface area contributed by atoms with Gasteiger partial charge in [-0.3, -0.25) is 0 Å². The predicted molar refractivity (Wildman–Crippen MR) is 74.1 cm³/mol. The Labute approximate surface area is 127 Å². The molecule has 0 saturated heterocycles. The average molecular weight is 366 g/mol. The van der Waals surface area contributed by atoms with E-state index in [0.29, 0.717) is 4.47 Å². The van der Waals surface area contributed by atoms with Crippen LogP contribution < -0.4 is 0 Å². The minimum atomic E-state index is -1.40. The molecule has 0 aromatic heterocycles. The van der Waals surface area contributed by atoms with Gasteiger partial charge < -0.3 is 5.11 Å². The fraction of sp³-hybridized carbons (Fsp3) is 0.143. The Morgan fingerprint density at radius 1 is 1.10 bits per heavy atom. The number of aliphatic hydroxyl groups excluding tert-OH is 1. The highest BCUT2D eigenvalue weighted by molar-refractivity contribution is 9.10. The molecule has 6 heteroatoms. The summed E-state index contributed by atoms with van der Waals surface area (Å²) in [5, 5.41) is 9.79. The SMILES string of the molecule is OC(Cc1c(F)cccc1F)c1ccc(Br)c(Cl)c1F. The summed E-state index contributed by atoms with van der Waals surface area (Å²) in [6, 6.07) is 6.15. The fourth-order valence-corrected chi connectivity index (χ4v) is 2.31. The van der Waals surface area contributed by atoms with Gasteiger partial charge in [0, 0.05) is 22.0 Å². The number of benzene rings is 2. The zero-order valence-electron chi connectivity index (χ0n) is 10.0. The van der Waals surface area contributed by atoms with E-state index in [1.165, 1.54) is 18.2 Å². The quantitative estimate of drug-likeness (QED) is 0.775. The normalized spacial score (nSPS) is 12.5. The minimum absolute atomic E-state index is 0.110. The van der Waals surface area contributed by atoms with Crippen molar-refractivity contribution in [1.82, 2.24) is 0 Å². The van der Waals surface area contributed by atoms with Gasteiger partial charge in [-0.1, -0.05) is 23.7 Å². The van der Waals surface area contributed by atoms with Crippen LogP contribution >= 0.6 is 27.5 Å². The topological polar surface area (TPSA) is 20.2 Å². The van der Waals surface area contributed by atoms with Crippen molar-refractivity contribution < 1.29 is 18.3 Å². The fourth-order valence-electron chi connectivity index (χ4n) is 1.83. The molecule has 106 valence electrons. The maximum absolute atomic E-state index is 13.9. The molecule has 0 aliphatic rings. The van der Waals surface area contributed by atoms with E-state index < -0.39 is 23.6 Å². The summed E-state index contributed by atoms with van der Waals surface area (Å²) >= 11 is 8.76. The monoisotopic (exact) mass is 364 g/mol. The van der Waals surface area contributed by atoms with Crippen LogP contribution in [0.5, 0.6) is 0 Å². The van der Waals surface area contributed by atoms with Crippen molar-refractivity contribution in [3.8, 4) is 0 Å². The van der Waals surface area contributed by atoms with Crippen LogP contribution in [-0.2, 0) is 6.42 Å². The summed E-state index contributed by atoms with van der Waals surface area (Å²) in [4.78, 5) is 0. The first kappa shape index (κ1) is 15.4. The lowest BCUT2D eigenvalue weighted by molar-refractivity contribution is 0.171.